The van der Waals surface area contributed by atoms with Gasteiger partial charge in [0, 0.05) is 32.2 Å². The smallest absolute Gasteiger partial charge is 0.390 e. The van der Waals surface area contributed by atoms with E-state index in [0.29, 0.717) is 31.7 Å². The molecule has 0 amide bonds. The van der Waals surface area contributed by atoms with E-state index in [1.807, 2.05) is 0 Å². The maximum Gasteiger partial charge on any atom is 0.390 e. The molecule has 0 saturated carbocycles. The van der Waals surface area contributed by atoms with Gasteiger partial charge in [-0.05, 0) is 17.7 Å². The highest BCUT2D eigenvalue weighted by molar-refractivity contribution is 6.32. The van der Waals surface area contributed by atoms with Gasteiger partial charge in [-0.25, -0.2) is 0 Å². The third kappa shape index (κ3) is 6.04. The second kappa shape index (κ2) is 9.77. The molecular weight excluding hydrogens is 392 g/mol. The van der Waals surface area contributed by atoms with E-state index < -0.39 is 18.6 Å². The van der Waals surface area contributed by atoms with Crippen molar-refractivity contribution in [1.29, 1.82) is 0 Å². The highest BCUT2D eigenvalue weighted by Gasteiger charge is 2.36. The van der Waals surface area contributed by atoms with Gasteiger partial charge in [-0.2, -0.15) is 13.2 Å². The van der Waals surface area contributed by atoms with E-state index >= 15 is 0 Å². The first-order chi connectivity index (χ1) is 10.3. The Bertz CT molecular complexity index is 527. The van der Waals surface area contributed by atoms with Gasteiger partial charge >= 0.3 is 6.18 Å². The van der Waals surface area contributed by atoms with E-state index in [0.717, 1.165) is 0 Å². The van der Waals surface area contributed by atoms with Crippen LogP contribution in [-0.2, 0) is 0 Å². The van der Waals surface area contributed by atoms with E-state index in [-0.39, 0.29) is 41.3 Å². The summed E-state index contributed by atoms with van der Waals surface area (Å²) >= 11 is 5.91. The maximum atomic E-state index is 13.0. The standard InChI is InChI=1S/C14H18ClF3N2O2.2ClH/c1-22-12-7-9(6-10(15)13(12)21)11(8-14(16,17)18)20-4-2-19-3-5-20;;/h6-7,11,19,21H,2-5,8H2,1H3;2*1H/t11-;;/m1../s1. The number of phenols is 1. The van der Waals surface area contributed by atoms with Crippen LogP contribution in [0.25, 0.3) is 0 Å². The molecule has 140 valence electrons. The molecule has 0 aliphatic carbocycles. The van der Waals surface area contributed by atoms with Crippen molar-refractivity contribution >= 4 is 36.4 Å². The molecule has 1 heterocycles. The molecule has 0 aromatic heterocycles. The SMILES string of the molecule is COc1cc([C@@H](CC(F)(F)F)N2CCNCC2)cc(Cl)c1O.Cl.Cl. The van der Waals surface area contributed by atoms with Gasteiger partial charge in [0.2, 0.25) is 0 Å². The molecule has 0 unspecified atom stereocenters. The monoisotopic (exact) mass is 410 g/mol. The summed E-state index contributed by atoms with van der Waals surface area (Å²) in [5.74, 6) is -0.191. The minimum atomic E-state index is -4.30. The van der Waals surface area contributed by atoms with Gasteiger partial charge in [-0.3, -0.25) is 4.90 Å². The Hall–Kier alpha value is -0.600. The molecule has 1 saturated heterocycles. The van der Waals surface area contributed by atoms with Crippen molar-refractivity contribution in [2.45, 2.75) is 18.6 Å². The average Bonchev–Trinajstić information content (AvgIpc) is 2.47. The number of benzene rings is 1. The lowest BCUT2D eigenvalue weighted by atomic mass is 10.00. The Morgan fingerprint density at radius 2 is 1.88 bits per heavy atom. The third-order valence-corrected chi connectivity index (χ3v) is 3.96. The van der Waals surface area contributed by atoms with E-state index in [9.17, 15) is 18.3 Å². The van der Waals surface area contributed by atoms with E-state index in [1.54, 1.807) is 4.90 Å². The van der Waals surface area contributed by atoms with Crippen molar-refractivity contribution in [2.24, 2.45) is 0 Å². The van der Waals surface area contributed by atoms with Crippen LogP contribution in [0.2, 0.25) is 5.02 Å². The topological polar surface area (TPSA) is 44.7 Å². The fourth-order valence-corrected chi connectivity index (χ4v) is 2.83. The van der Waals surface area contributed by atoms with E-state index in [4.69, 9.17) is 16.3 Å². The molecule has 24 heavy (non-hydrogen) atoms. The van der Waals surface area contributed by atoms with Gasteiger partial charge in [0.25, 0.3) is 0 Å². The molecule has 1 aromatic rings. The summed E-state index contributed by atoms with van der Waals surface area (Å²) in [5, 5.41) is 12.8. The van der Waals surface area contributed by atoms with Crippen molar-refractivity contribution in [1.82, 2.24) is 10.2 Å². The van der Waals surface area contributed by atoms with Crippen LogP contribution < -0.4 is 10.1 Å². The molecule has 1 aromatic carbocycles. The minimum absolute atomic E-state index is 0. The molecule has 1 aliphatic rings. The molecule has 1 atom stereocenters. The van der Waals surface area contributed by atoms with Gasteiger partial charge in [0.15, 0.2) is 11.5 Å². The number of halogens is 6. The predicted molar refractivity (Wildman–Crippen MR) is 92.0 cm³/mol. The quantitative estimate of drug-likeness (QED) is 0.791. The van der Waals surface area contributed by atoms with Crippen LogP contribution in [0, 0.1) is 0 Å². The lowest BCUT2D eigenvalue weighted by molar-refractivity contribution is -0.148. The Morgan fingerprint density at radius 1 is 1.29 bits per heavy atom. The van der Waals surface area contributed by atoms with Crippen LogP contribution in [0.5, 0.6) is 11.5 Å². The van der Waals surface area contributed by atoms with Gasteiger partial charge in [-0.1, -0.05) is 11.6 Å². The number of phenolic OH excluding ortho intramolecular Hbond substituents is 1. The summed E-state index contributed by atoms with van der Waals surface area (Å²) in [6.07, 6.45) is -5.27. The summed E-state index contributed by atoms with van der Waals surface area (Å²) < 4.78 is 43.8. The van der Waals surface area contributed by atoms with Crippen molar-refractivity contribution in [3.8, 4) is 11.5 Å². The number of piperazine rings is 1. The molecule has 0 bridgehead atoms. The van der Waals surface area contributed by atoms with E-state index in [2.05, 4.69) is 5.32 Å². The van der Waals surface area contributed by atoms with Crippen LogP contribution in [0.4, 0.5) is 13.2 Å². The van der Waals surface area contributed by atoms with Crippen LogP contribution in [0.3, 0.4) is 0 Å². The van der Waals surface area contributed by atoms with Gasteiger partial charge < -0.3 is 15.2 Å². The molecule has 1 fully saturated rings. The Kier molecular flexibility index (Phi) is 9.53. The van der Waals surface area contributed by atoms with Crippen molar-refractivity contribution in [2.75, 3.05) is 33.3 Å². The summed E-state index contributed by atoms with van der Waals surface area (Å²) in [7, 11) is 1.33. The summed E-state index contributed by atoms with van der Waals surface area (Å²) in [6, 6.07) is 1.94. The highest BCUT2D eigenvalue weighted by atomic mass is 35.5. The number of hydrogen-bond donors (Lipinski definition) is 2. The van der Waals surface area contributed by atoms with Gasteiger partial charge in [0.1, 0.15) is 0 Å². The van der Waals surface area contributed by atoms with Crippen LogP contribution >= 0.6 is 36.4 Å². The zero-order valence-corrected chi connectivity index (χ0v) is 15.3. The maximum absolute atomic E-state index is 13.0. The first-order valence-electron chi connectivity index (χ1n) is 6.89. The molecular formula is C14H20Cl3F3N2O2. The molecule has 2 rings (SSSR count). The molecule has 0 radical (unpaired) electrons. The summed E-state index contributed by atoms with van der Waals surface area (Å²) in [5.41, 5.74) is 0.388. The fraction of sp³-hybridized carbons (Fsp3) is 0.571. The minimum Gasteiger partial charge on any atom is -0.503 e. The van der Waals surface area contributed by atoms with Crippen LogP contribution in [0.15, 0.2) is 12.1 Å². The molecule has 4 nitrogen and oxygen atoms in total. The zero-order valence-electron chi connectivity index (χ0n) is 12.9. The van der Waals surface area contributed by atoms with Crippen molar-refractivity contribution < 1.29 is 23.0 Å². The normalized spacial score (nSPS) is 16.7. The molecule has 10 heteroatoms. The van der Waals surface area contributed by atoms with Crippen molar-refractivity contribution in [3.63, 3.8) is 0 Å². The van der Waals surface area contributed by atoms with Crippen LogP contribution in [-0.4, -0.2) is 49.5 Å². The second-order valence-corrected chi connectivity index (χ2v) is 5.58. The second-order valence-electron chi connectivity index (χ2n) is 5.17. The number of methoxy groups -OCH3 is 1. The highest BCUT2D eigenvalue weighted by Crippen LogP contribution is 2.41. The summed E-state index contributed by atoms with van der Waals surface area (Å²) in [4.78, 5) is 1.77. The Labute approximate surface area is 156 Å². The predicted octanol–water partition coefficient (Wildman–Crippen LogP) is 3.80. The largest absolute Gasteiger partial charge is 0.503 e. The third-order valence-electron chi connectivity index (χ3n) is 3.67. The first-order valence-corrected chi connectivity index (χ1v) is 7.27. The number of nitrogens with zero attached hydrogens (tertiary/aromatic N) is 1. The Balaban J connectivity index is 0.00000264. The Morgan fingerprint density at radius 3 is 2.38 bits per heavy atom. The number of aromatic hydroxyl groups is 1. The zero-order chi connectivity index (χ0) is 16.3. The first kappa shape index (κ1) is 23.4. The number of alkyl halides is 3. The number of nitrogens with one attached hydrogen (secondary N) is 1. The lowest BCUT2D eigenvalue weighted by Gasteiger charge is -2.36. The van der Waals surface area contributed by atoms with E-state index in [1.165, 1.54) is 19.2 Å². The average molecular weight is 412 g/mol. The number of hydrogen-bond acceptors (Lipinski definition) is 4. The van der Waals surface area contributed by atoms with Gasteiger partial charge in [0.05, 0.1) is 18.6 Å². The van der Waals surface area contributed by atoms with Crippen molar-refractivity contribution in [3.05, 3.63) is 22.7 Å². The van der Waals surface area contributed by atoms with Crippen LogP contribution in [0.1, 0.15) is 18.0 Å². The number of ether oxygens (including phenoxy) is 1. The summed E-state index contributed by atoms with van der Waals surface area (Å²) in [6.45, 7) is 2.30. The molecule has 2 N–H and O–H groups in total. The fourth-order valence-electron chi connectivity index (χ4n) is 2.61. The van der Waals surface area contributed by atoms with Gasteiger partial charge in [-0.15, -0.1) is 24.8 Å². The molecule has 1 aliphatic heterocycles. The molecule has 0 spiro atoms. The number of rotatable bonds is 4. The lowest BCUT2D eigenvalue weighted by Crippen LogP contribution is -2.46.